The third kappa shape index (κ3) is 4.58. The van der Waals surface area contributed by atoms with E-state index in [-0.39, 0.29) is 11.9 Å². The lowest BCUT2D eigenvalue weighted by Crippen LogP contribution is -2.56. The van der Waals surface area contributed by atoms with Crippen LogP contribution in [0.4, 0.5) is 0 Å². The molecule has 0 aromatic heterocycles. The summed E-state index contributed by atoms with van der Waals surface area (Å²) in [6.45, 7) is 12.0. The number of piperazine rings is 1. The third-order valence-corrected chi connectivity index (χ3v) is 7.93. The number of sulfonamides is 1. The second-order valence-electron chi connectivity index (χ2n) is 8.62. The van der Waals surface area contributed by atoms with Crippen molar-refractivity contribution in [2.75, 3.05) is 39.3 Å². The first-order chi connectivity index (χ1) is 13.2. The van der Waals surface area contributed by atoms with Gasteiger partial charge in [0.1, 0.15) is 0 Å². The predicted octanol–water partition coefficient (Wildman–Crippen LogP) is 2.19. The standard InChI is InChI=1S/C21H33N3O3S/c1-16-5-7-20(8-6-16)28(26,27)24-11-9-22(10-12-24)19(4)21(25)23-14-17(2)13-18(3)15-23/h5-8,17-19H,9-15H2,1-4H3. The van der Waals surface area contributed by atoms with Crippen LogP contribution in [-0.2, 0) is 14.8 Å². The first kappa shape index (κ1) is 21.3. The highest BCUT2D eigenvalue weighted by Crippen LogP contribution is 2.23. The number of nitrogens with zero attached hydrogens (tertiary/aromatic N) is 3. The molecular weight excluding hydrogens is 374 g/mol. The summed E-state index contributed by atoms with van der Waals surface area (Å²) in [4.78, 5) is 17.4. The van der Waals surface area contributed by atoms with Crippen LogP contribution in [0.5, 0.6) is 0 Å². The number of hydrogen-bond acceptors (Lipinski definition) is 4. The number of likely N-dealkylation sites (tertiary alicyclic amines) is 1. The Balaban J connectivity index is 1.60. The Kier molecular flexibility index (Phi) is 6.47. The largest absolute Gasteiger partial charge is 0.341 e. The molecule has 0 aliphatic carbocycles. The second-order valence-corrected chi connectivity index (χ2v) is 10.6. The molecule has 0 radical (unpaired) electrons. The van der Waals surface area contributed by atoms with Crippen molar-refractivity contribution in [2.24, 2.45) is 11.8 Å². The molecular formula is C21H33N3O3S. The molecule has 3 unspecified atom stereocenters. The van der Waals surface area contributed by atoms with Gasteiger partial charge in [0.05, 0.1) is 10.9 Å². The minimum absolute atomic E-state index is 0.174. The lowest BCUT2D eigenvalue weighted by atomic mass is 9.91. The zero-order chi connectivity index (χ0) is 20.5. The number of hydrogen-bond donors (Lipinski definition) is 0. The van der Waals surface area contributed by atoms with Crippen molar-refractivity contribution >= 4 is 15.9 Å². The maximum atomic E-state index is 13.0. The van der Waals surface area contributed by atoms with Crippen molar-refractivity contribution in [3.63, 3.8) is 0 Å². The van der Waals surface area contributed by atoms with E-state index in [0.717, 1.165) is 18.7 Å². The summed E-state index contributed by atoms with van der Waals surface area (Å²) >= 11 is 0. The third-order valence-electron chi connectivity index (χ3n) is 6.02. The molecule has 156 valence electrons. The minimum atomic E-state index is -3.47. The topological polar surface area (TPSA) is 60.9 Å². The van der Waals surface area contributed by atoms with E-state index in [0.29, 0.717) is 42.9 Å². The van der Waals surface area contributed by atoms with E-state index in [9.17, 15) is 13.2 Å². The maximum Gasteiger partial charge on any atom is 0.243 e. The van der Waals surface area contributed by atoms with Crippen molar-refractivity contribution in [3.05, 3.63) is 29.8 Å². The highest BCUT2D eigenvalue weighted by atomic mass is 32.2. The average molecular weight is 408 g/mol. The van der Waals surface area contributed by atoms with Crippen molar-refractivity contribution in [1.82, 2.24) is 14.1 Å². The van der Waals surface area contributed by atoms with Crippen molar-refractivity contribution in [2.45, 2.75) is 45.1 Å². The summed E-state index contributed by atoms with van der Waals surface area (Å²) in [6, 6.07) is 6.78. The summed E-state index contributed by atoms with van der Waals surface area (Å²) in [6.07, 6.45) is 1.17. The molecule has 2 aliphatic heterocycles. The molecule has 1 aromatic rings. The molecule has 6 nitrogen and oxygen atoms in total. The molecule has 0 N–H and O–H groups in total. The highest BCUT2D eigenvalue weighted by Gasteiger charge is 2.34. The summed E-state index contributed by atoms with van der Waals surface area (Å²) in [5.41, 5.74) is 1.04. The molecule has 28 heavy (non-hydrogen) atoms. The predicted molar refractivity (Wildman–Crippen MR) is 110 cm³/mol. The van der Waals surface area contributed by atoms with Gasteiger partial charge in [-0.1, -0.05) is 31.5 Å². The molecule has 1 aromatic carbocycles. The van der Waals surface area contributed by atoms with Crippen molar-refractivity contribution < 1.29 is 13.2 Å². The first-order valence-corrected chi connectivity index (χ1v) is 11.7. The molecule has 2 fully saturated rings. The highest BCUT2D eigenvalue weighted by molar-refractivity contribution is 7.89. The molecule has 2 saturated heterocycles. The number of carbonyl (C=O) groups is 1. The lowest BCUT2D eigenvalue weighted by Gasteiger charge is -2.41. The molecule has 2 heterocycles. The first-order valence-electron chi connectivity index (χ1n) is 10.3. The normalized spacial score (nSPS) is 26.2. The average Bonchev–Trinajstić information content (AvgIpc) is 2.66. The summed E-state index contributed by atoms with van der Waals surface area (Å²) in [5, 5.41) is 0. The van der Waals surface area contributed by atoms with E-state index in [1.54, 1.807) is 12.1 Å². The number of benzene rings is 1. The van der Waals surface area contributed by atoms with Gasteiger partial charge in [-0.25, -0.2) is 8.42 Å². The molecule has 2 aliphatic rings. The Labute approximate surface area is 169 Å². The Morgan fingerprint density at radius 2 is 1.54 bits per heavy atom. The maximum absolute atomic E-state index is 13.0. The van der Waals surface area contributed by atoms with Gasteiger partial charge in [-0.15, -0.1) is 0 Å². The summed E-state index contributed by atoms with van der Waals surface area (Å²) in [5.74, 6) is 1.25. The quantitative estimate of drug-likeness (QED) is 0.768. The van der Waals surface area contributed by atoms with Gasteiger partial charge in [-0.2, -0.15) is 4.31 Å². The monoisotopic (exact) mass is 407 g/mol. The Morgan fingerprint density at radius 3 is 2.07 bits per heavy atom. The van der Waals surface area contributed by atoms with Gasteiger partial charge in [0.15, 0.2) is 0 Å². The molecule has 1 amide bonds. The number of rotatable bonds is 4. The fraction of sp³-hybridized carbons (Fsp3) is 0.667. The smallest absolute Gasteiger partial charge is 0.243 e. The van der Waals surface area contributed by atoms with Gasteiger partial charge >= 0.3 is 0 Å². The van der Waals surface area contributed by atoms with Gasteiger partial charge in [0.25, 0.3) is 0 Å². The van der Waals surface area contributed by atoms with Crippen LogP contribution >= 0.6 is 0 Å². The van der Waals surface area contributed by atoms with E-state index < -0.39 is 10.0 Å². The lowest BCUT2D eigenvalue weighted by molar-refractivity contribution is -0.139. The van der Waals surface area contributed by atoms with Crippen molar-refractivity contribution in [3.8, 4) is 0 Å². The number of piperidine rings is 1. The molecule has 3 rings (SSSR count). The molecule has 7 heteroatoms. The zero-order valence-electron chi connectivity index (χ0n) is 17.5. The second kappa shape index (κ2) is 8.51. The van der Waals surface area contributed by atoms with E-state index in [1.165, 1.54) is 10.7 Å². The van der Waals surface area contributed by atoms with Crippen LogP contribution in [0.15, 0.2) is 29.2 Å². The molecule has 3 atom stereocenters. The van der Waals surface area contributed by atoms with Crippen LogP contribution < -0.4 is 0 Å². The fourth-order valence-electron chi connectivity index (χ4n) is 4.45. The Morgan fingerprint density at radius 1 is 1.00 bits per heavy atom. The SMILES string of the molecule is Cc1ccc(S(=O)(=O)N2CCN(C(C)C(=O)N3CC(C)CC(C)C3)CC2)cc1. The van der Waals surface area contributed by atoms with E-state index >= 15 is 0 Å². The van der Waals surface area contributed by atoms with Crippen LogP contribution in [0, 0.1) is 18.8 Å². The van der Waals surface area contributed by atoms with Gasteiger partial charge in [0, 0.05) is 39.3 Å². The molecule has 0 spiro atoms. The number of carbonyl (C=O) groups excluding carboxylic acids is 1. The van der Waals surface area contributed by atoms with Gasteiger partial charge in [-0.05, 0) is 44.2 Å². The van der Waals surface area contributed by atoms with Crippen LogP contribution in [0.1, 0.15) is 32.8 Å². The Bertz CT molecular complexity index is 776. The van der Waals surface area contributed by atoms with Gasteiger partial charge in [0.2, 0.25) is 15.9 Å². The van der Waals surface area contributed by atoms with Crippen LogP contribution in [0.25, 0.3) is 0 Å². The molecule has 0 saturated carbocycles. The zero-order valence-corrected chi connectivity index (χ0v) is 18.3. The fourth-order valence-corrected chi connectivity index (χ4v) is 5.88. The van der Waals surface area contributed by atoms with Gasteiger partial charge < -0.3 is 4.90 Å². The summed E-state index contributed by atoms with van der Waals surface area (Å²) < 4.78 is 27.3. The number of aryl methyl sites for hydroxylation is 1. The van der Waals surface area contributed by atoms with Crippen LogP contribution in [0.3, 0.4) is 0 Å². The van der Waals surface area contributed by atoms with Gasteiger partial charge in [-0.3, -0.25) is 9.69 Å². The minimum Gasteiger partial charge on any atom is -0.341 e. The number of amides is 1. The van der Waals surface area contributed by atoms with E-state index in [1.807, 2.05) is 30.9 Å². The summed E-state index contributed by atoms with van der Waals surface area (Å²) in [7, 11) is -3.47. The van der Waals surface area contributed by atoms with E-state index in [2.05, 4.69) is 18.7 Å². The van der Waals surface area contributed by atoms with Crippen LogP contribution in [-0.4, -0.2) is 73.7 Å². The van der Waals surface area contributed by atoms with Crippen molar-refractivity contribution in [1.29, 1.82) is 0 Å². The molecule has 0 bridgehead atoms. The van der Waals surface area contributed by atoms with Crippen LogP contribution in [0.2, 0.25) is 0 Å². The Hall–Kier alpha value is -1.44. The van der Waals surface area contributed by atoms with E-state index in [4.69, 9.17) is 0 Å².